The zero-order chi connectivity index (χ0) is 27.1. The average molecular weight is 535 g/mol. The van der Waals surface area contributed by atoms with Crippen molar-refractivity contribution in [3.05, 3.63) is 71.7 Å². The van der Waals surface area contributed by atoms with Gasteiger partial charge in [-0.15, -0.1) is 0 Å². The van der Waals surface area contributed by atoms with Gasteiger partial charge in [0.15, 0.2) is 5.96 Å². The van der Waals surface area contributed by atoms with Crippen LogP contribution in [-0.2, 0) is 25.2 Å². The maximum atomic E-state index is 15.1. The molecule has 1 aliphatic rings. The van der Waals surface area contributed by atoms with Gasteiger partial charge in [0.05, 0.1) is 19.5 Å². The fraction of sp³-hybridized carbons (Fsp3) is 0.360. The van der Waals surface area contributed by atoms with Crippen molar-refractivity contribution < 1.29 is 31.4 Å². The van der Waals surface area contributed by atoms with Crippen LogP contribution in [-0.4, -0.2) is 68.2 Å². The number of morpholine rings is 1. The smallest absolute Gasteiger partial charge is 0.261 e. The Hall–Kier alpha value is -3.32. The summed E-state index contributed by atoms with van der Waals surface area (Å²) in [7, 11) is -3.67. The van der Waals surface area contributed by atoms with Crippen LogP contribution in [0.25, 0.3) is 11.1 Å². The van der Waals surface area contributed by atoms with E-state index in [2.05, 4.69) is 10.1 Å². The zero-order valence-corrected chi connectivity index (χ0v) is 21.7. The molecule has 37 heavy (non-hydrogen) atoms. The Balaban J connectivity index is 0.000000695. The summed E-state index contributed by atoms with van der Waals surface area (Å²) in [6.07, 6.45) is 0.715. The van der Waals surface area contributed by atoms with Gasteiger partial charge in [-0.1, -0.05) is 47.6 Å². The normalized spacial score (nSPS) is 16.0. The van der Waals surface area contributed by atoms with E-state index >= 15 is 4.39 Å². The molecule has 3 aromatic rings. The predicted octanol–water partition coefficient (Wildman–Crippen LogP) is 3.56. The van der Waals surface area contributed by atoms with E-state index in [4.69, 9.17) is 24.3 Å². The van der Waals surface area contributed by atoms with Crippen LogP contribution < -0.4 is 5.73 Å². The minimum atomic E-state index is -3.67. The van der Waals surface area contributed by atoms with Crippen LogP contribution in [0.2, 0.25) is 0 Å². The Labute approximate surface area is 215 Å². The predicted molar refractivity (Wildman–Crippen MR) is 138 cm³/mol. The van der Waals surface area contributed by atoms with Crippen molar-refractivity contribution in [3.63, 3.8) is 0 Å². The van der Waals surface area contributed by atoms with Crippen molar-refractivity contribution >= 4 is 22.0 Å². The van der Waals surface area contributed by atoms with Gasteiger partial charge >= 0.3 is 0 Å². The second-order valence-electron chi connectivity index (χ2n) is 8.38. The third-order valence-electron chi connectivity index (χ3n) is 5.58. The van der Waals surface area contributed by atoms with Crippen LogP contribution >= 0.6 is 0 Å². The van der Waals surface area contributed by atoms with E-state index in [1.54, 1.807) is 12.1 Å². The monoisotopic (exact) mass is 534 g/mol. The zero-order valence-electron chi connectivity index (χ0n) is 20.9. The number of ether oxygens (including phenoxy) is 2. The Morgan fingerprint density at radius 1 is 1.22 bits per heavy atom. The molecule has 200 valence electrons. The number of nitrogens with two attached hydrogens (primary N) is 1. The van der Waals surface area contributed by atoms with Gasteiger partial charge in [0.2, 0.25) is 0 Å². The first-order valence-corrected chi connectivity index (χ1v) is 13.4. The van der Waals surface area contributed by atoms with Gasteiger partial charge < -0.3 is 24.6 Å². The van der Waals surface area contributed by atoms with Gasteiger partial charge in [-0.2, -0.15) is 13.4 Å². The minimum absolute atomic E-state index is 0.260. The number of hydrogen-bond donors (Lipinski definition) is 2. The number of guanidine groups is 1. The largest absolute Gasteiger partial charge is 0.378 e. The molecule has 1 saturated heterocycles. The maximum Gasteiger partial charge on any atom is 0.261 e. The average Bonchev–Trinajstić information content (AvgIpc) is 3.33. The second kappa shape index (κ2) is 12.3. The Morgan fingerprint density at radius 3 is 2.46 bits per heavy atom. The van der Waals surface area contributed by atoms with Crippen LogP contribution in [0.1, 0.15) is 25.1 Å². The van der Waals surface area contributed by atoms with E-state index < -0.39 is 15.7 Å². The topological polar surface area (TPSA) is 140 Å². The molecule has 0 bridgehead atoms. The van der Waals surface area contributed by atoms with Crippen molar-refractivity contribution in [2.24, 2.45) is 10.7 Å². The number of halogens is 1. The van der Waals surface area contributed by atoms with Gasteiger partial charge in [-0.25, -0.2) is 4.39 Å². The van der Waals surface area contributed by atoms with E-state index in [1.807, 2.05) is 55.1 Å². The fourth-order valence-corrected chi connectivity index (χ4v) is 3.78. The number of nitrogens with zero attached hydrogens (tertiary/aromatic N) is 3. The SMILES string of the molecule is CCOC(C)(c1ccc(-c2ccccc2)c(F)c1)c1cc(N=C(N)N2CCOCC2)on1.CS(=O)(=O)O. The number of rotatable bonds is 6. The van der Waals surface area contributed by atoms with Crippen molar-refractivity contribution in [2.45, 2.75) is 19.4 Å². The van der Waals surface area contributed by atoms with E-state index in [0.29, 0.717) is 61.9 Å². The van der Waals surface area contributed by atoms with Crippen LogP contribution in [0.3, 0.4) is 0 Å². The van der Waals surface area contributed by atoms with Crippen molar-refractivity contribution in [2.75, 3.05) is 39.2 Å². The van der Waals surface area contributed by atoms with Gasteiger partial charge in [0.1, 0.15) is 17.1 Å². The highest BCUT2D eigenvalue weighted by molar-refractivity contribution is 7.85. The first kappa shape index (κ1) is 28.3. The molecule has 1 fully saturated rings. The molecular formula is C25H31FN4O6S. The minimum Gasteiger partial charge on any atom is -0.378 e. The van der Waals surface area contributed by atoms with Crippen LogP contribution in [0.5, 0.6) is 0 Å². The number of benzene rings is 2. The molecule has 12 heteroatoms. The first-order valence-electron chi connectivity index (χ1n) is 11.6. The van der Waals surface area contributed by atoms with E-state index in [0.717, 1.165) is 5.56 Å². The van der Waals surface area contributed by atoms with Crippen LogP contribution in [0.4, 0.5) is 10.3 Å². The molecule has 1 aromatic heterocycles. The summed E-state index contributed by atoms with van der Waals surface area (Å²) in [5, 5.41) is 4.16. The van der Waals surface area contributed by atoms with E-state index in [1.165, 1.54) is 6.07 Å². The van der Waals surface area contributed by atoms with Gasteiger partial charge in [-0.05, 0) is 31.0 Å². The van der Waals surface area contributed by atoms with E-state index in [9.17, 15) is 8.42 Å². The molecule has 0 radical (unpaired) electrons. The highest BCUT2D eigenvalue weighted by atomic mass is 32.2. The molecule has 0 aliphatic carbocycles. The van der Waals surface area contributed by atoms with Crippen molar-refractivity contribution in [1.29, 1.82) is 0 Å². The summed E-state index contributed by atoms with van der Waals surface area (Å²) in [6, 6.07) is 16.2. The molecular weight excluding hydrogens is 503 g/mol. The lowest BCUT2D eigenvalue weighted by Gasteiger charge is -2.28. The van der Waals surface area contributed by atoms with Gasteiger partial charge in [-0.3, -0.25) is 4.55 Å². The lowest BCUT2D eigenvalue weighted by molar-refractivity contribution is -0.00143. The Kier molecular flexibility index (Phi) is 9.38. The molecule has 0 amide bonds. The van der Waals surface area contributed by atoms with Crippen molar-refractivity contribution in [3.8, 4) is 11.1 Å². The number of aromatic nitrogens is 1. The molecule has 4 rings (SSSR count). The summed E-state index contributed by atoms with van der Waals surface area (Å²) in [6.45, 7) is 6.66. The van der Waals surface area contributed by atoms with Crippen LogP contribution in [0.15, 0.2) is 64.1 Å². The summed E-state index contributed by atoms with van der Waals surface area (Å²) < 4.78 is 57.7. The molecule has 0 saturated carbocycles. The summed E-state index contributed by atoms with van der Waals surface area (Å²) in [5.74, 6) is 0.265. The summed E-state index contributed by atoms with van der Waals surface area (Å²) >= 11 is 0. The van der Waals surface area contributed by atoms with Gasteiger partial charge in [0, 0.05) is 31.3 Å². The van der Waals surface area contributed by atoms with Gasteiger partial charge in [0.25, 0.3) is 16.0 Å². The molecule has 0 spiro atoms. The Bertz CT molecular complexity index is 1300. The highest BCUT2D eigenvalue weighted by Gasteiger charge is 2.34. The molecule has 10 nitrogen and oxygen atoms in total. The van der Waals surface area contributed by atoms with Crippen molar-refractivity contribution in [1.82, 2.24) is 10.1 Å². The second-order valence-corrected chi connectivity index (χ2v) is 9.85. The third-order valence-corrected chi connectivity index (χ3v) is 5.58. The molecule has 2 heterocycles. The van der Waals surface area contributed by atoms with E-state index in [-0.39, 0.29) is 11.7 Å². The summed E-state index contributed by atoms with van der Waals surface area (Å²) in [4.78, 5) is 6.27. The standard InChI is InChI=1S/C24H27FN4O3.CH4O3S/c1-3-31-24(2,18-9-10-19(20(25)15-18)17-7-5-4-6-8-17)21-16-22(32-28-21)27-23(26)29-11-13-30-14-12-29;1-5(2,3)4/h4-10,15-16H,3,11-14H2,1-2H3,(H2,26,27);1H3,(H,2,3,4). The molecule has 3 N–H and O–H groups in total. The lowest BCUT2D eigenvalue weighted by atomic mass is 9.90. The molecule has 2 aromatic carbocycles. The molecule has 1 aliphatic heterocycles. The first-order chi connectivity index (χ1) is 17.5. The highest BCUT2D eigenvalue weighted by Crippen LogP contribution is 2.36. The third kappa shape index (κ3) is 7.83. The Morgan fingerprint density at radius 2 is 1.86 bits per heavy atom. The molecule has 1 unspecified atom stereocenters. The quantitative estimate of drug-likeness (QED) is 0.276. The summed E-state index contributed by atoms with van der Waals surface area (Å²) in [5.41, 5.74) is 7.54. The fourth-order valence-electron chi connectivity index (χ4n) is 3.78. The molecule has 1 atom stereocenters. The number of aliphatic imine (C=N–C) groups is 1. The lowest BCUT2D eigenvalue weighted by Crippen LogP contribution is -2.44. The number of hydrogen-bond acceptors (Lipinski definition) is 7. The maximum absolute atomic E-state index is 15.1. The van der Waals surface area contributed by atoms with Crippen LogP contribution in [0, 0.1) is 5.82 Å².